The molecule has 0 heterocycles. The van der Waals surface area contributed by atoms with Crippen molar-refractivity contribution in [2.75, 3.05) is 0 Å². The zero-order valence-electron chi connectivity index (χ0n) is 31.8. The first-order valence-electron chi connectivity index (χ1n) is 20.1. The number of nitrogens with zero attached hydrogens (tertiary/aromatic N) is 2. The van der Waals surface area contributed by atoms with Crippen molar-refractivity contribution in [2.45, 2.75) is 39.0 Å². The van der Waals surface area contributed by atoms with E-state index in [9.17, 15) is 0 Å². The van der Waals surface area contributed by atoms with Crippen LogP contribution in [0.4, 0.5) is 0 Å². The molecule has 0 saturated heterocycles. The number of benzene rings is 5. The highest BCUT2D eigenvalue weighted by Gasteiger charge is 2.33. The van der Waals surface area contributed by atoms with Crippen molar-refractivity contribution in [3.8, 4) is 33.4 Å². The Labute approximate surface area is 330 Å². The van der Waals surface area contributed by atoms with E-state index in [1.165, 1.54) is 66.8 Å². The number of fused-ring (bicyclic) bond motifs is 5. The highest BCUT2D eigenvalue weighted by atomic mass is 15.2. The second kappa shape index (κ2) is 14.4. The summed E-state index contributed by atoms with van der Waals surface area (Å²) in [4.78, 5) is 5.35. The molecule has 3 nitrogen and oxygen atoms in total. The van der Waals surface area contributed by atoms with Gasteiger partial charge >= 0.3 is 0 Å². The van der Waals surface area contributed by atoms with Crippen molar-refractivity contribution in [1.82, 2.24) is 0 Å². The zero-order chi connectivity index (χ0) is 37.6. The lowest BCUT2D eigenvalue weighted by Crippen LogP contribution is -2.19. The Hall–Kier alpha value is -6.32. The number of hydrazone groups is 1. The molecule has 10 rings (SSSR count). The van der Waals surface area contributed by atoms with Crippen LogP contribution in [-0.2, 0) is 6.42 Å². The fourth-order valence-electron chi connectivity index (χ4n) is 9.59. The minimum atomic E-state index is 0.0825. The number of hydrogen-bond acceptors (Lipinski definition) is 2. The molecule has 3 unspecified atom stereocenters. The molecule has 0 aromatic heterocycles. The largest absolute Gasteiger partial charge is 0.321 e. The lowest BCUT2D eigenvalue weighted by molar-refractivity contribution is 0.690. The van der Waals surface area contributed by atoms with Crippen LogP contribution in [0.2, 0.25) is 0 Å². The van der Waals surface area contributed by atoms with Gasteiger partial charge in [-0.2, -0.15) is 5.10 Å². The summed E-state index contributed by atoms with van der Waals surface area (Å²) in [6.07, 6.45) is 21.2. The van der Waals surface area contributed by atoms with Crippen LogP contribution in [0.15, 0.2) is 196 Å². The van der Waals surface area contributed by atoms with Crippen LogP contribution in [0.3, 0.4) is 0 Å². The van der Waals surface area contributed by atoms with Gasteiger partial charge in [0.05, 0.1) is 5.71 Å². The molecule has 272 valence electrons. The van der Waals surface area contributed by atoms with Crippen LogP contribution in [0.25, 0.3) is 39.0 Å². The Morgan fingerprint density at radius 3 is 2.21 bits per heavy atom. The van der Waals surface area contributed by atoms with Gasteiger partial charge in [0.25, 0.3) is 0 Å². The van der Waals surface area contributed by atoms with Gasteiger partial charge in [-0.1, -0.05) is 182 Å². The zero-order valence-corrected chi connectivity index (χ0v) is 31.8. The van der Waals surface area contributed by atoms with Crippen molar-refractivity contribution in [1.29, 1.82) is 0 Å². The van der Waals surface area contributed by atoms with Crippen molar-refractivity contribution >= 4 is 17.1 Å². The van der Waals surface area contributed by atoms with Crippen molar-refractivity contribution in [3.63, 3.8) is 0 Å². The van der Waals surface area contributed by atoms with Gasteiger partial charge in [-0.15, -0.1) is 0 Å². The summed E-state index contributed by atoms with van der Waals surface area (Å²) in [7, 11) is 0. The maximum atomic E-state index is 6.21. The maximum absolute atomic E-state index is 6.21. The van der Waals surface area contributed by atoms with E-state index in [1.54, 1.807) is 5.57 Å². The molecule has 0 amide bonds. The van der Waals surface area contributed by atoms with Crippen LogP contribution in [0, 0.1) is 17.8 Å². The number of nitrogens with two attached hydrogens (primary N) is 1. The van der Waals surface area contributed by atoms with Crippen molar-refractivity contribution in [2.24, 2.45) is 33.7 Å². The first-order chi connectivity index (χ1) is 27.6. The van der Waals surface area contributed by atoms with Crippen LogP contribution < -0.4 is 5.84 Å². The van der Waals surface area contributed by atoms with E-state index in [2.05, 4.69) is 176 Å². The smallest absolute Gasteiger partial charge is 0.178 e. The SMILES string of the molecule is CC1C=CC2=C(CC3=CC(/C(N=C(c4ccc(-c5ccc6c(c5)Cc5cccc(-c7ccccc7)c5-6)cc4)C4C=CC(c5ccccc5)=CC4)=N/N)=CCC32)C1. The molecule has 2 N–H and O–H groups in total. The Bertz CT molecular complexity index is 2610. The van der Waals surface area contributed by atoms with Crippen LogP contribution in [-0.4, -0.2) is 11.5 Å². The number of aliphatic imine (C=N–C) groups is 1. The topological polar surface area (TPSA) is 50.7 Å². The molecule has 0 aliphatic heterocycles. The highest BCUT2D eigenvalue weighted by Crippen LogP contribution is 2.47. The molecule has 0 bridgehead atoms. The summed E-state index contributed by atoms with van der Waals surface area (Å²) in [6, 6.07) is 44.0. The van der Waals surface area contributed by atoms with Crippen LogP contribution >= 0.6 is 0 Å². The molecule has 5 aliphatic rings. The molecule has 0 fully saturated rings. The van der Waals surface area contributed by atoms with E-state index in [0.717, 1.165) is 49.0 Å². The molecule has 5 aliphatic carbocycles. The van der Waals surface area contributed by atoms with Crippen LogP contribution in [0.1, 0.15) is 54.9 Å². The van der Waals surface area contributed by atoms with E-state index < -0.39 is 0 Å². The minimum absolute atomic E-state index is 0.0825. The van der Waals surface area contributed by atoms with E-state index in [-0.39, 0.29) is 5.92 Å². The average molecular weight is 724 g/mol. The van der Waals surface area contributed by atoms with Gasteiger partial charge in [0.2, 0.25) is 0 Å². The quantitative estimate of drug-likeness (QED) is 0.0791. The second-order valence-electron chi connectivity index (χ2n) is 16.0. The van der Waals surface area contributed by atoms with Crippen LogP contribution in [0.5, 0.6) is 0 Å². The predicted octanol–water partition coefficient (Wildman–Crippen LogP) is 12.5. The fourth-order valence-corrected chi connectivity index (χ4v) is 9.59. The number of allylic oxidation sites excluding steroid dienone is 10. The summed E-state index contributed by atoms with van der Waals surface area (Å²) in [5.74, 6) is 7.96. The average Bonchev–Trinajstić information content (AvgIpc) is 3.82. The normalized spacial score (nSPS) is 21.2. The monoisotopic (exact) mass is 723 g/mol. The van der Waals surface area contributed by atoms with Gasteiger partial charge < -0.3 is 5.84 Å². The van der Waals surface area contributed by atoms with Crippen molar-refractivity contribution < 1.29 is 0 Å². The lowest BCUT2D eigenvalue weighted by atomic mass is 9.84. The first kappa shape index (κ1) is 34.2. The minimum Gasteiger partial charge on any atom is -0.321 e. The summed E-state index contributed by atoms with van der Waals surface area (Å²) in [5, 5.41) is 4.34. The summed E-state index contributed by atoms with van der Waals surface area (Å²) >= 11 is 0. The summed E-state index contributed by atoms with van der Waals surface area (Å²) in [5.41, 5.74) is 20.6. The van der Waals surface area contributed by atoms with Gasteiger partial charge in [0, 0.05) is 17.4 Å². The Kier molecular flexibility index (Phi) is 8.79. The molecule has 56 heavy (non-hydrogen) atoms. The van der Waals surface area contributed by atoms with E-state index in [0.29, 0.717) is 17.7 Å². The summed E-state index contributed by atoms with van der Waals surface area (Å²) in [6.45, 7) is 2.31. The molecule has 0 saturated carbocycles. The van der Waals surface area contributed by atoms with Gasteiger partial charge in [0.15, 0.2) is 5.84 Å². The lowest BCUT2D eigenvalue weighted by Gasteiger charge is -2.22. The molecule has 3 atom stereocenters. The molecule has 0 spiro atoms. The van der Waals surface area contributed by atoms with E-state index in [1.807, 2.05) is 0 Å². The number of amidine groups is 1. The Morgan fingerprint density at radius 1 is 0.661 bits per heavy atom. The maximum Gasteiger partial charge on any atom is 0.178 e. The molecule has 5 aromatic rings. The second-order valence-corrected chi connectivity index (χ2v) is 16.0. The molecular formula is C53H45N3. The molecule has 5 aromatic carbocycles. The third-order valence-corrected chi connectivity index (χ3v) is 12.4. The third-order valence-electron chi connectivity index (χ3n) is 12.4. The van der Waals surface area contributed by atoms with Gasteiger partial charge in [-0.05, 0) is 105 Å². The predicted molar refractivity (Wildman–Crippen MR) is 234 cm³/mol. The number of hydrogen-bond donors (Lipinski definition) is 1. The van der Waals surface area contributed by atoms with Gasteiger partial charge in [-0.3, -0.25) is 0 Å². The van der Waals surface area contributed by atoms with Gasteiger partial charge in [-0.25, -0.2) is 4.99 Å². The highest BCUT2D eigenvalue weighted by molar-refractivity contribution is 6.15. The Morgan fingerprint density at radius 2 is 1.45 bits per heavy atom. The summed E-state index contributed by atoms with van der Waals surface area (Å²) < 4.78 is 0. The Balaban J connectivity index is 0.961. The molecule has 3 heteroatoms. The number of rotatable bonds is 6. The standard InChI is InChI=1S/C53H45N3/c1-34-15-26-47-44(29-34)33-45-32-43(25-27-48(45)47)53(56-54)55-52(39-20-16-36(17-21-39)35-9-4-2-5-10-35)40-22-18-37(19-23-40)41-24-28-50-46(30-41)31-42-13-8-14-49(51(42)50)38-11-6-3-7-12-38/h2-20,22-26,28,30,32,34,39,48H,21,27,29,31,33,54H2,1H3/b55-52?,56-53-. The third kappa shape index (κ3) is 6.27. The van der Waals surface area contributed by atoms with Gasteiger partial charge in [0.1, 0.15) is 0 Å². The van der Waals surface area contributed by atoms with E-state index in [4.69, 9.17) is 10.8 Å². The fraction of sp³-hybridized carbons (Fsp3) is 0.170. The molecule has 0 radical (unpaired) electrons. The molecular weight excluding hydrogens is 679 g/mol. The first-order valence-corrected chi connectivity index (χ1v) is 20.1. The van der Waals surface area contributed by atoms with Crippen molar-refractivity contribution in [3.05, 3.63) is 208 Å². The van der Waals surface area contributed by atoms with E-state index >= 15 is 0 Å².